The molecule has 52 heavy (non-hydrogen) atoms. The normalized spacial score (nSPS) is 11.2. The minimum absolute atomic E-state index is 0.622. The van der Waals surface area contributed by atoms with Gasteiger partial charge in [0.1, 0.15) is 5.82 Å². The lowest BCUT2D eigenvalue weighted by molar-refractivity contribution is 1.07. The maximum absolute atomic E-state index is 6.74. The highest BCUT2D eigenvalue weighted by Gasteiger charge is 2.19. The summed E-state index contributed by atoms with van der Waals surface area (Å²) in [5.41, 5.74) is 10.9. The Morgan fingerprint density at radius 2 is 0.865 bits per heavy atom. The molecule has 6 heteroatoms. The maximum atomic E-state index is 6.74. The highest BCUT2D eigenvalue weighted by atomic mass is 35.5. The van der Waals surface area contributed by atoms with Gasteiger partial charge in [-0.25, -0.2) is 19.9 Å². The Hall–Kier alpha value is -6.69. The summed E-state index contributed by atoms with van der Waals surface area (Å²) in [5, 5.41) is 0.702. The molecule has 0 aliphatic heterocycles. The van der Waals surface area contributed by atoms with Crippen LogP contribution >= 0.6 is 11.6 Å². The van der Waals surface area contributed by atoms with Crippen molar-refractivity contribution >= 4 is 22.6 Å². The Kier molecular flexibility index (Phi) is 8.16. The van der Waals surface area contributed by atoms with Gasteiger partial charge in [-0.1, -0.05) is 163 Å². The molecule has 0 saturated carbocycles. The van der Waals surface area contributed by atoms with E-state index in [9.17, 15) is 0 Å². The summed E-state index contributed by atoms with van der Waals surface area (Å²) in [6.07, 6.45) is 0. The zero-order chi connectivity index (χ0) is 34.9. The van der Waals surface area contributed by atoms with Crippen LogP contribution in [0.5, 0.6) is 0 Å². The van der Waals surface area contributed by atoms with Gasteiger partial charge in [0, 0.05) is 44.1 Å². The van der Waals surface area contributed by atoms with E-state index in [0.717, 1.165) is 67.1 Å². The van der Waals surface area contributed by atoms with Crippen LogP contribution in [-0.4, -0.2) is 24.5 Å². The molecule has 0 bridgehead atoms. The van der Waals surface area contributed by atoms with Gasteiger partial charge in [0.05, 0.1) is 11.0 Å². The number of imidazole rings is 1. The Morgan fingerprint density at radius 3 is 1.52 bits per heavy atom. The smallest absolute Gasteiger partial charge is 0.164 e. The number of fused-ring (bicyclic) bond motifs is 1. The molecule has 0 amide bonds. The number of aromatic nitrogens is 5. The van der Waals surface area contributed by atoms with Crippen LogP contribution in [0.1, 0.15) is 0 Å². The van der Waals surface area contributed by atoms with Crippen LogP contribution in [0, 0.1) is 0 Å². The van der Waals surface area contributed by atoms with Crippen molar-refractivity contribution in [3.05, 3.63) is 187 Å². The van der Waals surface area contributed by atoms with Crippen LogP contribution < -0.4 is 0 Å². The summed E-state index contributed by atoms with van der Waals surface area (Å²) >= 11 is 6.74. The summed E-state index contributed by atoms with van der Waals surface area (Å²) in [6, 6.07) is 61.6. The predicted octanol–water partition coefficient (Wildman–Crippen LogP) is 11.9. The average molecular weight is 688 g/mol. The molecule has 5 nitrogen and oxygen atoms in total. The highest BCUT2D eigenvalue weighted by Crippen LogP contribution is 2.38. The maximum Gasteiger partial charge on any atom is 0.164 e. The molecule has 2 heterocycles. The fourth-order valence-corrected chi connectivity index (χ4v) is 6.87. The van der Waals surface area contributed by atoms with Crippen LogP contribution in [0.25, 0.3) is 84.5 Å². The van der Waals surface area contributed by atoms with Crippen molar-refractivity contribution < 1.29 is 0 Å². The van der Waals surface area contributed by atoms with Crippen molar-refractivity contribution in [2.45, 2.75) is 0 Å². The summed E-state index contributed by atoms with van der Waals surface area (Å²) < 4.78 is 2.24. The number of halogens is 1. The van der Waals surface area contributed by atoms with Crippen molar-refractivity contribution in [1.82, 2.24) is 24.5 Å². The van der Waals surface area contributed by atoms with Crippen LogP contribution in [-0.2, 0) is 0 Å². The lowest BCUT2D eigenvalue weighted by Crippen LogP contribution is -2.00. The third kappa shape index (κ3) is 5.93. The first kappa shape index (κ1) is 31.3. The molecule has 0 fully saturated rings. The molecular formula is C46H30ClN5. The second kappa shape index (κ2) is 13.6. The van der Waals surface area contributed by atoms with E-state index in [-0.39, 0.29) is 0 Å². The summed E-state index contributed by atoms with van der Waals surface area (Å²) in [5.74, 6) is 2.75. The lowest BCUT2D eigenvalue weighted by Gasteiger charge is -2.13. The highest BCUT2D eigenvalue weighted by molar-refractivity contribution is 6.33. The molecule has 0 spiro atoms. The van der Waals surface area contributed by atoms with E-state index in [4.69, 9.17) is 31.5 Å². The SMILES string of the molecule is Clc1ccccc1-c1cccc2nc(-c3ccc(-c4cccc(-c5nc(-c6ccccc6)nc(-c6ccccc6)n5)c4)cc3)n(-c3ccccc3)c12. The van der Waals surface area contributed by atoms with Crippen molar-refractivity contribution in [2.75, 3.05) is 0 Å². The molecule has 9 rings (SSSR count). The zero-order valence-corrected chi connectivity index (χ0v) is 28.7. The molecular weight excluding hydrogens is 658 g/mol. The van der Waals surface area contributed by atoms with Crippen molar-refractivity contribution in [3.63, 3.8) is 0 Å². The minimum Gasteiger partial charge on any atom is -0.292 e. The van der Waals surface area contributed by atoms with E-state index in [1.165, 1.54) is 0 Å². The molecule has 0 unspecified atom stereocenters. The largest absolute Gasteiger partial charge is 0.292 e. The van der Waals surface area contributed by atoms with Gasteiger partial charge < -0.3 is 0 Å². The van der Waals surface area contributed by atoms with Gasteiger partial charge in [0.25, 0.3) is 0 Å². The van der Waals surface area contributed by atoms with E-state index in [2.05, 4.69) is 95.6 Å². The van der Waals surface area contributed by atoms with Crippen LogP contribution in [0.4, 0.5) is 0 Å². The summed E-state index contributed by atoms with van der Waals surface area (Å²) in [7, 11) is 0. The van der Waals surface area contributed by atoms with Gasteiger partial charge in [-0.2, -0.15) is 0 Å². The van der Waals surface area contributed by atoms with Gasteiger partial charge >= 0.3 is 0 Å². The summed E-state index contributed by atoms with van der Waals surface area (Å²) in [4.78, 5) is 19.9. The van der Waals surface area contributed by atoms with Gasteiger partial charge in [-0.15, -0.1) is 0 Å². The number of rotatable bonds is 7. The van der Waals surface area contributed by atoms with E-state index >= 15 is 0 Å². The monoisotopic (exact) mass is 687 g/mol. The van der Waals surface area contributed by atoms with Gasteiger partial charge in [-0.3, -0.25) is 4.57 Å². The van der Waals surface area contributed by atoms with E-state index in [0.29, 0.717) is 22.5 Å². The lowest BCUT2D eigenvalue weighted by atomic mass is 10.0. The molecule has 2 aromatic heterocycles. The number of hydrogen-bond acceptors (Lipinski definition) is 4. The topological polar surface area (TPSA) is 56.5 Å². The number of para-hydroxylation sites is 2. The molecule has 246 valence electrons. The predicted molar refractivity (Wildman–Crippen MR) is 212 cm³/mol. The molecule has 0 radical (unpaired) electrons. The molecule has 9 aromatic rings. The first-order valence-corrected chi connectivity index (χ1v) is 17.5. The third-order valence-electron chi connectivity index (χ3n) is 9.15. The molecule has 0 aliphatic carbocycles. The first-order valence-electron chi connectivity index (χ1n) is 17.1. The molecule has 0 aliphatic rings. The van der Waals surface area contributed by atoms with Crippen molar-refractivity contribution in [3.8, 4) is 73.5 Å². The van der Waals surface area contributed by atoms with Crippen molar-refractivity contribution in [2.24, 2.45) is 0 Å². The second-order valence-electron chi connectivity index (χ2n) is 12.5. The molecule has 0 atom stereocenters. The molecule has 0 saturated heterocycles. The Labute approximate surface area is 306 Å². The fourth-order valence-electron chi connectivity index (χ4n) is 6.63. The molecule has 0 N–H and O–H groups in total. The average Bonchev–Trinajstić information content (AvgIpc) is 3.62. The third-order valence-corrected chi connectivity index (χ3v) is 9.48. The number of benzene rings is 7. The van der Waals surface area contributed by atoms with Gasteiger partial charge in [0.2, 0.25) is 0 Å². The number of nitrogens with zero attached hydrogens (tertiary/aromatic N) is 5. The Bertz CT molecular complexity index is 2610. The van der Waals surface area contributed by atoms with Gasteiger partial charge in [-0.05, 0) is 41.5 Å². The Morgan fingerprint density at radius 1 is 0.365 bits per heavy atom. The van der Waals surface area contributed by atoms with Crippen LogP contribution in [0.15, 0.2) is 182 Å². The standard InChI is InChI=1S/C46H30ClN5/c47-40-24-11-10-22-38(40)39-23-13-25-41-42(39)52(37-20-8-3-9-21-37)46(48-41)34-28-26-31(27-29-34)35-18-12-19-36(30-35)45-50-43(32-14-4-1-5-15-32)49-44(51-45)33-16-6-2-7-17-33/h1-30H. The van der Waals surface area contributed by atoms with Gasteiger partial charge in [0.15, 0.2) is 17.5 Å². The van der Waals surface area contributed by atoms with E-state index in [1.54, 1.807) is 0 Å². The molecule has 7 aromatic carbocycles. The van der Waals surface area contributed by atoms with Crippen molar-refractivity contribution in [1.29, 1.82) is 0 Å². The van der Waals surface area contributed by atoms with E-state index in [1.807, 2.05) is 91.0 Å². The second-order valence-corrected chi connectivity index (χ2v) is 12.9. The quantitative estimate of drug-likeness (QED) is 0.167. The first-order chi connectivity index (χ1) is 25.7. The van der Waals surface area contributed by atoms with Crippen LogP contribution in [0.2, 0.25) is 5.02 Å². The van der Waals surface area contributed by atoms with E-state index < -0.39 is 0 Å². The zero-order valence-electron chi connectivity index (χ0n) is 27.9. The Balaban J connectivity index is 1.12. The fraction of sp³-hybridized carbons (Fsp3) is 0. The summed E-state index contributed by atoms with van der Waals surface area (Å²) in [6.45, 7) is 0. The number of hydrogen-bond donors (Lipinski definition) is 0. The minimum atomic E-state index is 0.622. The van der Waals surface area contributed by atoms with Crippen LogP contribution in [0.3, 0.4) is 0 Å².